The molecular weight excluding hydrogens is 178 g/mol. The second kappa shape index (κ2) is 4.45. The largest absolute Gasteiger partial charge is 0.497 e. The van der Waals surface area contributed by atoms with Gasteiger partial charge in [0.15, 0.2) is 0 Å². The molecule has 1 atom stereocenters. The molecule has 1 aromatic rings. The first-order chi connectivity index (χ1) is 6.69. The molecule has 0 aromatic heterocycles. The molecule has 1 rings (SSSR count). The second-order valence-electron chi connectivity index (χ2n) is 2.82. The lowest BCUT2D eigenvalue weighted by atomic mass is 10.0. The first-order valence-corrected chi connectivity index (χ1v) is 4.10. The van der Waals surface area contributed by atoms with E-state index in [0.29, 0.717) is 11.3 Å². The zero-order valence-electron chi connectivity index (χ0n) is 7.90. The van der Waals surface area contributed by atoms with Gasteiger partial charge in [0, 0.05) is 0 Å². The van der Waals surface area contributed by atoms with Gasteiger partial charge in [0.1, 0.15) is 11.9 Å². The Morgan fingerprint density at radius 1 is 1.64 bits per heavy atom. The van der Waals surface area contributed by atoms with Crippen molar-refractivity contribution in [2.24, 2.45) is 0 Å². The molecule has 0 saturated carbocycles. The highest BCUT2D eigenvalue weighted by molar-refractivity contribution is 5.36. The summed E-state index contributed by atoms with van der Waals surface area (Å²) in [6, 6.07) is 8.73. The Kier molecular flexibility index (Phi) is 3.27. The molecule has 0 bridgehead atoms. The molecule has 0 aliphatic heterocycles. The third-order valence-electron chi connectivity index (χ3n) is 1.88. The van der Waals surface area contributed by atoms with Gasteiger partial charge < -0.3 is 9.84 Å². The summed E-state index contributed by atoms with van der Waals surface area (Å²) in [6.07, 6.45) is -0.949. The Hall–Kier alpha value is -1.79. The van der Waals surface area contributed by atoms with E-state index >= 15 is 0 Å². The molecule has 0 aliphatic rings. The van der Waals surface area contributed by atoms with Crippen molar-refractivity contribution in [1.29, 1.82) is 5.26 Å². The fourth-order valence-corrected chi connectivity index (χ4v) is 1.07. The van der Waals surface area contributed by atoms with Crippen LogP contribution in [0.3, 0.4) is 0 Å². The summed E-state index contributed by atoms with van der Waals surface area (Å²) in [4.78, 5) is 0. The number of nitriles is 1. The second-order valence-corrected chi connectivity index (χ2v) is 2.82. The molecule has 3 nitrogen and oxygen atoms in total. The molecule has 1 N–H and O–H groups in total. The van der Waals surface area contributed by atoms with E-state index in [9.17, 15) is 5.11 Å². The molecule has 0 fully saturated rings. The van der Waals surface area contributed by atoms with Crippen LogP contribution in [0.1, 0.15) is 11.7 Å². The van der Waals surface area contributed by atoms with Crippen molar-refractivity contribution in [2.75, 3.05) is 7.11 Å². The maximum Gasteiger partial charge on any atom is 0.119 e. The molecule has 0 spiro atoms. The van der Waals surface area contributed by atoms with Crippen molar-refractivity contribution in [3.63, 3.8) is 0 Å². The van der Waals surface area contributed by atoms with Gasteiger partial charge in [-0.05, 0) is 17.7 Å². The van der Waals surface area contributed by atoms with Gasteiger partial charge in [0.05, 0.1) is 18.8 Å². The van der Waals surface area contributed by atoms with Crippen LogP contribution in [0.2, 0.25) is 0 Å². The molecule has 0 radical (unpaired) electrons. The quantitative estimate of drug-likeness (QED) is 0.738. The van der Waals surface area contributed by atoms with Crippen molar-refractivity contribution < 1.29 is 9.84 Å². The van der Waals surface area contributed by atoms with E-state index < -0.39 is 6.10 Å². The fourth-order valence-electron chi connectivity index (χ4n) is 1.07. The average molecular weight is 189 g/mol. The summed E-state index contributed by atoms with van der Waals surface area (Å²) < 4.78 is 4.99. The summed E-state index contributed by atoms with van der Waals surface area (Å²) in [7, 11) is 1.55. The predicted molar refractivity (Wildman–Crippen MR) is 52.7 cm³/mol. The highest BCUT2D eigenvalue weighted by Gasteiger charge is 2.11. The molecule has 0 heterocycles. The third-order valence-corrected chi connectivity index (χ3v) is 1.88. The van der Waals surface area contributed by atoms with E-state index in [4.69, 9.17) is 10.00 Å². The normalized spacial score (nSPS) is 11.5. The Balaban J connectivity index is 2.96. The van der Waals surface area contributed by atoms with Crippen LogP contribution < -0.4 is 4.74 Å². The van der Waals surface area contributed by atoms with E-state index in [1.807, 2.05) is 6.07 Å². The zero-order chi connectivity index (χ0) is 10.6. The number of hydrogen-bond donors (Lipinski definition) is 1. The van der Waals surface area contributed by atoms with Gasteiger partial charge in [-0.25, -0.2) is 0 Å². The summed E-state index contributed by atoms with van der Waals surface area (Å²) in [5.41, 5.74) is 0.731. The number of benzene rings is 1. The van der Waals surface area contributed by atoms with Crippen molar-refractivity contribution in [2.45, 2.75) is 6.10 Å². The number of ether oxygens (including phenoxy) is 1. The van der Waals surface area contributed by atoms with Gasteiger partial charge in [-0.2, -0.15) is 5.26 Å². The third kappa shape index (κ3) is 2.12. The number of methoxy groups -OCH3 is 1. The molecule has 72 valence electrons. The van der Waals surface area contributed by atoms with Crippen molar-refractivity contribution in [1.82, 2.24) is 0 Å². The minimum absolute atomic E-state index is 0.123. The summed E-state index contributed by atoms with van der Waals surface area (Å²) in [5, 5.41) is 18.2. The van der Waals surface area contributed by atoms with Gasteiger partial charge in [-0.3, -0.25) is 0 Å². The highest BCUT2D eigenvalue weighted by atomic mass is 16.5. The summed E-state index contributed by atoms with van der Waals surface area (Å²) in [6.45, 7) is 3.45. The number of aliphatic hydroxyl groups is 1. The average Bonchev–Trinajstić information content (AvgIpc) is 2.27. The minimum Gasteiger partial charge on any atom is -0.497 e. The van der Waals surface area contributed by atoms with Crippen LogP contribution in [0.15, 0.2) is 36.4 Å². The van der Waals surface area contributed by atoms with Crippen LogP contribution in [0, 0.1) is 11.3 Å². The van der Waals surface area contributed by atoms with Crippen LogP contribution >= 0.6 is 0 Å². The van der Waals surface area contributed by atoms with Crippen LogP contribution in [-0.2, 0) is 0 Å². The molecule has 14 heavy (non-hydrogen) atoms. The van der Waals surface area contributed by atoms with Gasteiger partial charge in [0.2, 0.25) is 0 Å². The standard InChI is InChI=1S/C11H11NO2/c1-8(7-12)11(13)9-4-3-5-10(6-9)14-2/h3-6,11,13H,1H2,2H3/t11-/m0/s1. The molecule has 0 aliphatic carbocycles. The SMILES string of the molecule is C=C(C#N)[C@H](O)c1cccc(OC)c1. The summed E-state index contributed by atoms with van der Waals surface area (Å²) in [5.74, 6) is 0.646. The number of nitrogens with zero attached hydrogens (tertiary/aromatic N) is 1. The summed E-state index contributed by atoms with van der Waals surface area (Å²) >= 11 is 0. The van der Waals surface area contributed by atoms with E-state index in [1.165, 1.54) is 0 Å². The molecule has 0 unspecified atom stereocenters. The zero-order valence-corrected chi connectivity index (χ0v) is 7.90. The van der Waals surface area contributed by atoms with Crippen molar-refractivity contribution in [3.8, 4) is 11.8 Å². The maximum atomic E-state index is 9.63. The predicted octanol–water partition coefficient (Wildman–Crippen LogP) is 1.81. The van der Waals surface area contributed by atoms with Crippen LogP contribution in [0.5, 0.6) is 5.75 Å². The lowest BCUT2D eigenvalue weighted by Gasteiger charge is -2.09. The van der Waals surface area contributed by atoms with Gasteiger partial charge in [-0.1, -0.05) is 18.7 Å². The fraction of sp³-hybridized carbons (Fsp3) is 0.182. The van der Waals surface area contributed by atoms with E-state index in [0.717, 1.165) is 0 Å². The molecule has 1 aromatic carbocycles. The monoisotopic (exact) mass is 189 g/mol. The van der Waals surface area contributed by atoms with Crippen LogP contribution in [0.4, 0.5) is 0 Å². The van der Waals surface area contributed by atoms with Crippen LogP contribution in [-0.4, -0.2) is 12.2 Å². The topological polar surface area (TPSA) is 53.2 Å². The van der Waals surface area contributed by atoms with Crippen molar-refractivity contribution >= 4 is 0 Å². The minimum atomic E-state index is -0.949. The van der Waals surface area contributed by atoms with E-state index in [1.54, 1.807) is 31.4 Å². The lowest BCUT2D eigenvalue weighted by Crippen LogP contribution is -1.99. The van der Waals surface area contributed by atoms with E-state index in [2.05, 4.69) is 6.58 Å². The smallest absolute Gasteiger partial charge is 0.119 e. The number of hydrogen-bond acceptors (Lipinski definition) is 3. The first-order valence-electron chi connectivity index (χ1n) is 4.10. The first kappa shape index (κ1) is 10.3. The van der Waals surface area contributed by atoms with Gasteiger partial charge in [0.25, 0.3) is 0 Å². The van der Waals surface area contributed by atoms with Crippen molar-refractivity contribution in [3.05, 3.63) is 42.0 Å². The Bertz CT molecular complexity index is 379. The molecule has 0 amide bonds. The number of aliphatic hydroxyl groups excluding tert-OH is 1. The Morgan fingerprint density at radius 3 is 2.93 bits per heavy atom. The molecule has 0 saturated heterocycles. The molecular formula is C11H11NO2. The number of rotatable bonds is 3. The maximum absolute atomic E-state index is 9.63. The highest BCUT2D eigenvalue weighted by Crippen LogP contribution is 2.23. The Morgan fingerprint density at radius 2 is 2.36 bits per heavy atom. The lowest BCUT2D eigenvalue weighted by molar-refractivity contribution is 0.220. The van der Waals surface area contributed by atoms with Crippen LogP contribution in [0.25, 0.3) is 0 Å². The van der Waals surface area contributed by atoms with E-state index in [-0.39, 0.29) is 5.57 Å². The molecule has 3 heteroatoms. The Labute approximate surface area is 82.9 Å². The van der Waals surface area contributed by atoms with Gasteiger partial charge >= 0.3 is 0 Å². The van der Waals surface area contributed by atoms with Gasteiger partial charge in [-0.15, -0.1) is 0 Å².